The zero-order valence-corrected chi connectivity index (χ0v) is 14.5. The highest BCUT2D eigenvalue weighted by Gasteiger charge is 2.25. The summed E-state index contributed by atoms with van der Waals surface area (Å²) in [6.07, 6.45) is 1.62. The van der Waals surface area contributed by atoms with E-state index in [1.54, 1.807) is 21.8 Å². The van der Waals surface area contributed by atoms with Gasteiger partial charge in [0, 0.05) is 50.5 Å². The summed E-state index contributed by atoms with van der Waals surface area (Å²) in [4.78, 5) is 16.5. The Labute approximate surface area is 145 Å². The summed E-state index contributed by atoms with van der Waals surface area (Å²) in [5.41, 5.74) is 1.85. The van der Waals surface area contributed by atoms with Gasteiger partial charge in [0.1, 0.15) is 0 Å². The number of benzene rings is 1. The van der Waals surface area contributed by atoms with Crippen LogP contribution in [0.15, 0.2) is 24.4 Å². The first kappa shape index (κ1) is 17.5. The van der Waals surface area contributed by atoms with Crippen LogP contribution < -0.4 is 0 Å². The lowest BCUT2D eigenvalue weighted by Gasteiger charge is -2.34. The molecule has 5 nitrogen and oxygen atoms in total. The maximum atomic E-state index is 13.8. The number of aromatic nitrogens is 2. The summed E-state index contributed by atoms with van der Waals surface area (Å²) in [7, 11) is 0. The van der Waals surface area contributed by atoms with Crippen molar-refractivity contribution in [3.05, 3.63) is 52.9 Å². The molecule has 1 aliphatic heterocycles. The average molecular weight is 348 g/mol. The van der Waals surface area contributed by atoms with Gasteiger partial charge >= 0.3 is 0 Å². The van der Waals surface area contributed by atoms with Gasteiger partial charge in [0.05, 0.1) is 11.8 Å². The summed E-state index contributed by atoms with van der Waals surface area (Å²) >= 11 is 0. The fraction of sp³-hybridized carbons (Fsp3) is 0.444. The number of piperazine rings is 1. The molecule has 25 heavy (non-hydrogen) atoms. The van der Waals surface area contributed by atoms with E-state index in [9.17, 15) is 13.6 Å². The van der Waals surface area contributed by atoms with Gasteiger partial charge in [-0.3, -0.25) is 14.4 Å². The van der Waals surface area contributed by atoms with E-state index in [4.69, 9.17) is 0 Å². The van der Waals surface area contributed by atoms with Gasteiger partial charge in [-0.25, -0.2) is 8.78 Å². The molecule has 2 heterocycles. The maximum Gasteiger partial charge on any atom is 0.257 e. The number of halogens is 2. The Hall–Kier alpha value is -2.28. The van der Waals surface area contributed by atoms with Crippen LogP contribution in [0.25, 0.3) is 0 Å². The monoisotopic (exact) mass is 348 g/mol. The van der Waals surface area contributed by atoms with Crippen LogP contribution in [0.5, 0.6) is 0 Å². The third-order valence-electron chi connectivity index (χ3n) is 4.72. The van der Waals surface area contributed by atoms with Crippen LogP contribution in [0.2, 0.25) is 0 Å². The molecule has 0 bridgehead atoms. The van der Waals surface area contributed by atoms with Crippen LogP contribution in [0.4, 0.5) is 8.78 Å². The van der Waals surface area contributed by atoms with Gasteiger partial charge in [0.25, 0.3) is 5.91 Å². The summed E-state index contributed by atoms with van der Waals surface area (Å²) in [6, 6.07) is 4.23. The van der Waals surface area contributed by atoms with Crippen molar-refractivity contribution in [3.8, 4) is 0 Å². The molecular weight excluding hydrogens is 326 g/mol. The molecule has 0 N–H and O–H groups in total. The largest absolute Gasteiger partial charge is 0.336 e. The fourth-order valence-electron chi connectivity index (χ4n) is 3.17. The Morgan fingerprint density at radius 3 is 2.56 bits per heavy atom. The molecule has 1 aliphatic rings. The third-order valence-corrected chi connectivity index (χ3v) is 4.72. The van der Waals surface area contributed by atoms with Crippen LogP contribution in [0.3, 0.4) is 0 Å². The SMILES string of the molecule is CCn1ncc(C(=O)N2CCN(Cc3cccc(F)c3F)CC2)c1C. The molecule has 0 unspecified atom stereocenters. The molecule has 0 radical (unpaired) electrons. The first-order chi connectivity index (χ1) is 12.0. The Bertz CT molecular complexity index is 766. The standard InChI is InChI=1S/C18H22F2N4O/c1-3-24-13(2)15(11-21-24)18(25)23-9-7-22(8-10-23)12-14-5-4-6-16(19)17(14)20/h4-6,11H,3,7-10,12H2,1-2H3. The van der Waals surface area contributed by atoms with Crippen molar-refractivity contribution in [3.63, 3.8) is 0 Å². The number of carbonyl (C=O) groups excluding carboxylic acids is 1. The molecule has 1 saturated heterocycles. The van der Waals surface area contributed by atoms with Gasteiger partial charge in [-0.15, -0.1) is 0 Å². The molecule has 1 aromatic carbocycles. The van der Waals surface area contributed by atoms with Gasteiger partial charge < -0.3 is 4.90 Å². The van der Waals surface area contributed by atoms with Gasteiger partial charge in [-0.2, -0.15) is 5.10 Å². The van der Waals surface area contributed by atoms with E-state index in [1.807, 2.05) is 18.7 Å². The van der Waals surface area contributed by atoms with E-state index < -0.39 is 11.6 Å². The highest BCUT2D eigenvalue weighted by atomic mass is 19.2. The molecule has 1 fully saturated rings. The second-order valence-corrected chi connectivity index (χ2v) is 6.24. The molecule has 3 rings (SSSR count). The van der Waals surface area contributed by atoms with Crippen LogP contribution in [0, 0.1) is 18.6 Å². The zero-order valence-electron chi connectivity index (χ0n) is 14.5. The minimum Gasteiger partial charge on any atom is -0.336 e. The third kappa shape index (κ3) is 3.56. The number of carbonyl (C=O) groups is 1. The zero-order chi connectivity index (χ0) is 18.0. The van der Waals surface area contributed by atoms with E-state index in [0.29, 0.717) is 43.9 Å². The van der Waals surface area contributed by atoms with Crippen molar-refractivity contribution in [1.82, 2.24) is 19.6 Å². The summed E-state index contributed by atoms with van der Waals surface area (Å²) in [5, 5.41) is 4.22. The molecule has 0 spiro atoms. The van der Waals surface area contributed by atoms with Gasteiger partial charge in [0.2, 0.25) is 0 Å². The van der Waals surface area contributed by atoms with Crippen LogP contribution in [-0.4, -0.2) is 51.7 Å². The Balaban J connectivity index is 1.60. The van der Waals surface area contributed by atoms with Gasteiger partial charge in [0.15, 0.2) is 11.6 Å². The lowest BCUT2D eigenvalue weighted by Crippen LogP contribution is -2.48. The molecule has 2 aromatic rings. The molecule has 0 aliphatic carbocycles. The molecule has 1 aromatic heterocycles. The van der Waals surface area contributed by atoms with Crippen molar-refractivity contribution in [2.24, 2.45) is 0 Å². The average Bonchev–Trinajstić information content (AvgIpc) is 2.99. The Kier molecular flexibility index (Phi) is 5.13. The second-order valence-electron chi connectivity index (χ2n) is 6.24. The maximum absolute atomic E-state index is 13.8. The fourth-order valence-corrected chi connectivity index (χ4v) is 3.17. The first-order valence-corrected chi connectivity index (χ1v) is 8.48. The molecule has 7 heteroatoms. The van der Waals surface area contributed by atoms with E-state index in [1.165, 1.54) is 6.07 Å². The number of aryl methyl sites for hydroxylation is 1. The van der Waals surface area contributed by atoms with Crippen molar-refractivity contribution in [1.29, 1.82) is 0 Å². The lowest BCUT2D eigenvalue weighted by molar-refractivity contribution is 0.0626. The minimum atomic E-state index is -0.824. The highest BCUT2D eigenvalue weighted by Crippen LogP contribution is 2.17. The molecule has 0 atom stereocenters. The number of nitrogens with zero attached hydrogens (tertiary/aromatic N) is 4. The molecular formula is C18H22F2N4O. The smallest absolute Gasteiger partial charge is 0.257 e. The minimum absolute atomic E-state index is 0.0196. The Morgan fingerprint density at radius 2 is 1.92 bits per heavy atom. The highest BCUT2D eigenvalue weighted by molar-refractivity contribution is 5.95. The lowest BCUT2D eigenvalue weighted by atomic mass is 10.1. The van der Waals surface area contributed by atoms with Gasteiger partial charge in [-0.1, -0.05) is 12.1 Å². The van der Waals surface area contributed by atoms with Gasteiger partial charge in [-0.05, 0) is 19.9 Å². The predicted molar refractivity (Wildman–Crippen MR) is 90.2 cm³/mol. The predicted octanol–water partition coefficient (Wildman–Crippen LogP) is 2.45. The van der Waals surface area contributed by atoms with Crippen LogP contribution in [-0.2, 0) is 13.1 Å². The van der Waals surface area contributed by atoms with Crippen LogP contribution >= 0.6 is 0 Å². The number of rotatable bonds is 4. The molecule has 0 saturated carbocycles. The summed E-state index contributed by atoms with van der Waals surface area (Å²) < 4.78 is 28.9. The van der Waals surface area contributed by atoms with Crippen LogP contribution in [0.1, 0.15) is 28.5 Å². The van der Waals surface area contributed by atoms with Crippen molar-refractivity contribution >= 4 is 5.91 Å². The quantitative estimate of drug-likeness (QED) is 0.852. The second kappa shape index (κ2) is 7.31. The van der Waals surface area contributed by atoms with E-state index >= 15 is 0 Å². The normalized spacial score (nSPS) is 15.6. The first-order valence-electron chi connectivity index (χ1n) is 8.48. The van der Waals surface area contributed by atoms with E-state index in [0.717, 1.165) is 18.3 Å². The molecule has 134 valence electrons. The van der Waals surface area contributed by atoms with E-state index in [-0.39, 0.29) is 5.91 Å². The van der Waals surface area contributed by atoms with Crippen molar-refractivity contribution in [2.75, 3.05) is 26.2 Å². The number of amides is 1. The van der Waals surface area contributed by atoms with Crippen molar-refractivity contribution < 1.29 is 13.6 Å². The summed E-state index contributed by atoms with van der Waals surface area (Å²) in [5.74, 6) is -1.63. The van der Waals surface area contributed by atoms with E-state index in [2.05, 4.69) is 5.10 Å². The topological polar surface area (TPSA) is 41.4 Å². The molecule has 1 amide bonds. The van der Waals surface area contributed by atoms with Crippen molar-refractivity contribution in [2.45, 2.75) is 26.9 Å². The Morgan fingerprint density at radius 1 is 1.20 bits per heavy atom. The number of hydrogen-bond donors (Lipinski definition) is 0. The summed E-state index contributed by atoms with van der Waals surface area (Å²) in [6.45, 7) is 7.33. The number of hydrogen-bond acceptors (Lipinski definition) is 3.